The number of rotatable bonds is 10. The zero-order valence-electron chi connectivity index (χ0n) is 12.7. The first kappa shape index (κ1) is 17.3. The van der Waals surface area contributed by atoms with E-state index in [0.29, 0.717) is 6.61 Å². The third-order valence-corrected chi connectivity index (χ3v) is 3.24. The molecule has 0 amide bonds. The monoisotopic (exact) mass is 299 g/mol. The highest BCUT2D eigenvalue weighted by molar-refractivity contribution is 6.30. The standard InChI is InChI=1S/C16H26ClNO2/c1-13(2)5-4-9-20-16-7-6-15(17)11-14(16)12-18-8-10-19-3/h6-7,11,13,18H,4-5,8-10,12H2,1-3H3. The highest BCUT2D eigenvalue weighted by Crippen LogP contribution is 2.23. The molecule has 0 aliphatic rings. The van der Waals surface area contributed by atoms with Gasteiger partial charge in [-0.1, -0.05) is 25.4 Å². The third kappa shape index (κ3) is 7.13. The van der Waals surface area contributed by atoms with Crippen molar-refractivity contribution in [1.82, 2.24) is 5.32 Å². The fourth-order valence-electron chi connectivity index (χ4n) is 1.90. The van der Waals surface area contributed by atoms with E-state index in [1.807, 2.05) is 18.2 Å². The lowest BCUT2D eigenvalue weighted by Gasteiger charge is -2.13. The number of hydrogen-bond donors (Lipinski definition) is 1. The number of halogens is 1. The molecule has 0 aliphatic heterocycles. The Morgan fingerprint density at radius 2 is 2.05 bits per heavy atom. The second kappa shape index (κ2) is 10.0. The van der Waals surface area contributed by atoms with Crippen LogP contribution in [0.2, 0.25) is 5.02 Å². The van der Waals surface area contributed by atoms with Crippen molar-refractivity contribution in [3.63, 3.8) is 0 Å². The van der Waals surface area contributed by atoms with E-state index < -0.39 is 0 Å². The highest BCUT2D eigenvalue weighted by atomic mass is 35.5. The van der Waals surface area contributed by atoms with Gasteiger partial charge in [0.05, 0.1) is 13.2 Å². The Morgan fingerprint density at radius 3 is 2.75 bits per heavy atom. The van der Waals surface area contributed by atoms with E-state index in [1.54, 1.807) is 7.11 Å². The van der Waals surface area contributed by atoms with Crippen LogP contribution < -0.4 is 10.1 Å². The van der Waals surface area contributed by atoms with Gasteiger partial charge < -0.3 is 14.8 Å². The van der Waals surface area contributed by atoms with Gasteiger partial charge in [-0.3, -0.25) is 0 Å². The fraction of sp³-hybridized carbons (Fsp3) is 0.625. The quantitative estimate of drug-likeness (QED) is 0.665. The minimum atomic E-state index is 0.700. The van der Waals surface area contributed by atoms with E-state index in [0.717, 1.165) is 48.4 Å². The van der Waals surface area contributed by atoms with Crippen LogP contribution >= 0.6 is 11.6 Å². The average Bonchev–Trinajstić information content (AvgIpc) is 2.41. The summed E-state index contributed by atoms with van der Waals surface area (Å²) < 4.78 is 10.9. The average molecular weight is 300 g/mol. The van der Waals surface area contributed by atoms with Crippen LogP contribution in [0.15, 0.2) is 18.2 Å². The maximum Gasteiger partial charge on any atom is 0.123 e. The molecular formula is C16H26ClNO2. The van der Waals surface area contributed by atoms with Gasteiger partial charge in [-0.15, -0.1) is 0 Å². The molecular weight excluding hydrogens is 274 g/mol. The van der Waals surface area contributed by atoms with Crippen LogP contribution in [0.3, 0.4) is 0 Å². The highest BCUT2D eigenvalue weighted by Gasteiger charge is 2.05. The number of nitrogens with one attached hydrogen (secondary N) is 1. The van der Waals surface area contributed by atoms with Crippen LogP contribution in [0.4, 0.5) is 0 Å². The summed E-state index contributed by atoms with van der Waals surface area (Å²) in [6, 6.07) is 5.78. The second-order valence-electron chi connectivity index (χ2n) is 5.31. The van der Waals surface area contributed by atoms with E-state index in [2.05, 4.69) is 19.2 Å². The fourth-order valence-corrected chi connectivity index (χ4v) is 2.09. The topological polar surface area (TPSA) is 30.5 Å². The summed E-state index contributed by atoms with van der Waals surface area (Å²) in [5.41, 5.74) is 1.10. The predicted molar refractivity (Wildman–Crippen MR) is 84.6 cm³/mol. The Morgan fingerprint density at radius 1 is 1.25 bits per heavy atom. The largest absolute Gasteiger partial charge is 0.493 e. The molecule has 1 N–H and O–H groups in total. The third-order valence-electron chi connectivity index (χ3n) is 3.00. The van der Waals surface area contributed by atoms with Gasteiger partial charge in [0, 0.05) is 30.8 Å². The summed E-state index contributed by atoms with van der Waals surface area (Å²) in [5.74, 6) is 1.64. The first-order valence-electron chi connectivity index (χ1n) is 7.24. The Bertz CT molecular complexity index is 383. The van der Waals surface area contributed by atoms with Crippen LogP contribution in [-0.2, 0) is 11.3 Å². The summed E-state index contributed by atoms with van der Waals surface area (Å²) >= 11 is 6.05. The molecule has 0 radical (unpaired) electrons. The van der Waals surface area contributed by atoms with E-state index in [4.69, 9.17) is 21.1 Å². The Kier molecular flexibility index (Phi) is 8.67. The van der Waals surface area contributed by atoms with Crippen molar-refractivity contribution in [2.75, 3.05) is 26.9 Å². The number of ether oxygens (including phenoxy) is 2. The number of benzene rings is 1. The van der Waals surface area contributed by atoms with Crippen LogP contribution in [0.25, 0.3) is 0 Å². The molecule has 1 aromatic carbocycles. The Hall–Kier alpha value is -0.770. The van der Waals surface area contributed by atoms with Crippen LogP contribution in [-0.4, -0.2) is 26.9 Å². The summed E-state index contributed by atoms with van der Waals surface area (Å²) in [6.45, 7) is 7.47. The smallest absolute Gasteiger partial charge is 0.123 e. The molecule has 3 nitrogen and oxygen atoms in total. The lowest BCUT2D eigenvalue weighted by Crippen LogP contribution is -2.19. The molecule has 20 heavy (non-hydrogen) atoms. The molecule has 4 heteroatoms. The van der Waals surface area contributed by atoms with Gasteiger partial charge in [0.15, 0.2) is 0 Å². The molecule has 114 valence electrons. The molecule has 1 rings (SSSR count). The van der Waals surface area contributed by atoms with Crippen molar-refractivity contribution >= 4 is 11.6 Å². The number of methoxy groups -OCH3 is 1. The maximum absolute atomic E-state index is 6.05. The first-order chi connectivity index (χ1) is 9.63. The first-order valence-corrected chi connectivity index (χ1v) is 7.62. The van der Waals surface area contributed by atoms with Gasteiger partial charge in [-0.2, -0.15) is 0 Å². The summed E-state index contributed by atoms with van der Waals surface area (Å²) in [5, 5.41) is 4.05. The van der Waals surface area contributed by atoms with Gasteiger partial charge in [0.25, 0.3) is 0 Å². The number of hydrogen-bond acceptors (Lipinski definition) is 3. The Balaban J connectivity index is 2.47. The van der Waals surface area contributed by atoms with Gasteiger partial charge in [-0.25, -0.2) is 0 Å². The molecule has 0 atom stereocenters. The predicted octanol–water partition coefficient (Wildman–Crippen LogP) is 3.89. The Labute approximate surface area is 127 Å². The zero-order valence-corrected chi connectivity index (χ0v) is 13.5. The molecule has 0 aromatic heterocycles. The second-order valence-corrected chi connectivity index (χ2v) is 5.74. The van der Waals surface area contributed by atoms with Gasteiger partial charge in [0.2, 0.25) is 0 Å². The molecule has 0 saturated carbocycles. The zero-order chi connectivity index (χ0) is 14.8. The van der Waals surface area contributed by atoms with Gasteiger partial charge in [-0.05, 0) is 37.0 Å². The minimum absolute atomic E-state index is 0.700. The molecule has 0 unspecified atom stereocenters. The van der Waals surface area contributed by atoms with Gasteiger partial charge in [0.1, 0.15) is 5.75 Å². The lowest BCUT2D eigenvalue weighted by atomic mass is 10.1. The van der Waals surface area contributed by atoms with E-state index in [1.165, 1.54) is 6.42 Å². The van der Waals surface area contributed by atoms with E-state index in [9.17, 15) is 0 Å². The van der Waals surface area contributed by atoms with Crippen molar-refractivity contribution in [3.05, 3.63) is 28.8 Å². The SMILES string of the molecule is COCCNCc1cc(Cl)ccc1OCCCC(C)C. The summed E-state index contributed by atoms with van der Waals surface area (Å²) in [4.78, 5) is 0. The van der Waals surface area contributed by atoms with Crippen LogP contribution in [0, 0.1) is 5.92 Å². The van der Waals surface area contributed by atoms with Crippen molar-refractivity contribution < 1.29 is 9.47 Å². The molecule has 1 aromatic rings. The van der Waals surface area contributed by atoms with Crippen molar-refractivity contribution in [1.29, 1.82) is 0 Å². The lowest BCUT2D eigenvalue weighted by molar-refractivity contribution is 0.199. The molecule has 0 fully saturated rings. The van der Waals surface area contributed by atoms with Gasteiger partial charge >= 0.3 is 0 Å². The van der Waals surface area contributed by atoms with Crippen molar-refractivity contribution in [3.8, 4) is 5.75 Å². The van der Waals surface area contributed by atoms with Crippen molar-refractivity contribution in [2.45, 2.75) is 33.2 Å². The molecule has 0 heterocycles. The van der Waals surface area contributed by atoms with Crippen LogP contribution in [0.5, 0.6) is 5.75 Å². The van der Waals surface area contributed by atoms with Crippen molar-refractivity contribution in [2.24, 2.45) is 5.92 Å². The minimum Gasteiger partial charge on any atom is -0.493 e. The summed E-state index contributed by atoms with van der Waals surface area (Å²) in [7, 11) is 1.70. The molecule has 0 saturated heterocycles. The van der Waals surface area contributed by atoms with E-state index in [-0.39, 0.29) is 0 Å². The molecule has 0 bridgehead atoms. The normalized spacial score (nSPS) is 11.1. The molecule has 0 aliphatic carbocycles. The summed E-state index contributed by atoms with van der Waals surface area (Å²) in [6.07, 6.45) is 2.27. The maximum atomic E-state index is 6.05. The van der Waals surface area contributed by atoms with E-state index >= 15 is 0 Å². The van der Waals surface area contributed by atoms with Crippen LogP contribution in [0.1, 0.15) is 32.3 Å². The molecule has 0 spiro atoms.